The third kappa shape index (κ3) is 1.56. The smallest absolute Gasteiger partial charge is 0.151 e. The summed E-state index contributed by atoms with van der Waals surface area (Å²) in [6, 6.07) is 0. The van der Waals surface area contributed by atoms with E-state index in [0.717, 1.165) is 0 Å². The Bertz CT molecular complexity index is 240. The third-order valence-electron chi connectivity index (χ3n) is 1.71. The maximum absolute atomic E-state index is 10.9. The van der Waals surface area contributed by atoms with Gasteiger partial charge in [0.1, 0.15) is 5.78 Å². The molecule has 0 aromatic rings. The van der Waals surface area contributed by atoms with Crippen molar-refractivity contribution in [2.75, 3.05) is 11.5 Å². The number of Topliss-reactive ketones (excluding diaryl/α,β-unsaturated/α-hetero) is 1. The second-order valence-corrected chi connectivity index (χ2v) is 4.96. The van der Waals surface area contributed by atoms with Crippen molar-refractivity contribution in [1.29, 1.82) is 0 Å². The first-order valence-corrected chi connectivity index (χ1v) is 5.06. The highest BCUT2D eigenvalue weighted by molar-refractivity contribution is 7.91. The Morgan fingerprint density at radius 3 is 2.50 bits per heavy atom. The highest BCUT2D eigenvalue weighted by Gasteiger charge is 2.27. The summed E-state index contributed by atoms with van der Waals surface area (Å²) in [7, 11) is -2.89. The molecular formula is C6H10O3S. The summed E-state index contributed by atoms with van der Waals surface area (Å²) in [5.74, 6) is -0.101. The van der Waals surface area contributed by atoms with Gasteiger partial charge in [-0.25, -0.2) is 8.42 Å². The lowest BCUT2D eigenvalue weighted by atomic mass is 10.1. The van der Waals surface area contributed by atoms with Crippen LogP contribution in [0, 0.1) is 5.92 Å². The summed E-state index contributed by atoms with van der Waals surface area (Å²) in [4.78, 5) is 10.8. The van der Waals surface area contributed by atoms with Gasteiger partial charge < -0.3 is 0 Å². The largest absolute Gasteiger partial charge is 0.299 e. The fourth-order valence-electron chi connectivity index (χ4n) is 1.06. The van der Waals surface area contributed by atoms with E-state index in [1.165, 1.54) is 0 Å². The third-order valence-corrected chi connectivity index (χ3v) is 3.55. The van der Waals surface area contributed by atoms with Gasteiger partial charge in [0.2, 0.25) is 0 Å². The van der Waals surface area contributed by atoms with Crippen molar-refractivity contribution in [3.8, 4) is 0 Å². The van der Waals surface area contributed by atoms with Crippen molar-refractivity contribution in [2.24, 2.45) is 5.92 Å². The fourth-order valence-corrected chi connectivity index (χ4v) is 2.69. The standard InChI is InChI=1S/C6H10O3S/c1-5-4-10(8,9)3-2-6(5)7/h5H,2-4H2,1H3. The van der Waals surface area contributed by atoms with Crippen molar-refractivity contribution >= 4 is 15.6 Å². The molecule has 1 aliphatic rings. The van der Waals surface area contributed by atoms with Gasteiger partial charge in [0.05, 0.1) is 11.5 Å². The molecule has 1 fully saturated rings. The van der Waals surface area contributed by atoms with Crippen LogP contribution >= 0.6 is 0 Å². The average Bonchev–Trinajstić information content (AvgIpc) is 1.79. The zero-order valence-corrected chi connectivity index (χ0v) is 6.65. The second-order valence-electron chi connectivity index (χ2n) is 2.73. The Kier molecular flexibility index (Phi) is 1.81. The van der Waals surface area contributed by atoms with Gasteiger partial charge in [-0.1, -0.05) is 6.92 Å². The lowest BCUT2D eigenvalue weighted by Crippen LogP contribution is -2.30. The summed E-state index contributed by atoms with van der Waals surface area (Å²) in [5.41, 5.74) is 0. The molecule has 3 nitrogen and oxygen atoms in total. The fraction of sp³-hybridized carbons (Fsp3) is 0.833. The molecule has 0 aromatic heterocycles. The second kappa shape index (κ2) is 2.34. The molecule has 4 heteroatoms. The summed E-state index contributed by atoms with van der Waals surface area (Å²) < 4.78 is 21.7. The summed E-state index contributed by atoms with van der Waals surface area (Å²) in [5, 5.41) is 0. The van der Waals surface area contributed by atoms with Crippen molar-refractivity contribution in [3.05, 3.63) is 0 Å². The van der Waals surface area contributed by atoms with Crippen molar-refractivity contribution in [1.82, 2.24) is 0 Å². The molecule has 1 unspecified atom stereocenters. The lowest BCUT2D eigenvalue weighted by molar-refractivity contribution is -0.121. The summed E-state index contributed by atoms with van der Waals surface area (Å²) in [6.45, 7) is 1.67. The summed E-state index contributed by atoms with van der Waals surface area (Å²) in [6.07, 6.45) is 0.212. The molecule has 0 N–H and O–H groups in total. The molecule has 0 aromatic carbocycles. The molecule has 1 saturated heterocycles. The Labute approximate surface area is 60.3 Å². The minimum absolute atomic E-state index is 0.0475. The molecule has 58 valence electrons. The molecule has 0 saturated carbocycles. The van der Waals surface area contributed by atoms with Gasteiger partial charge in [-0.15, -0.1) is 0 Å². The highest BCUT2D eigenvalue weighted by atomic mass is 32.2. The molecule has 10 heavy (non-hydrogen) atoms. The number of hydrogen-bond donors (Lipinski definition) is 0. The average molecular weight is 162 g/mol. The number of ketones is 1. The van der Waals surface area contributed by atoms with Crippen LogP contribution in [0.4, 0.5) is 0 Å². The molecule has 0 amide bonds. The number of rotatable bonds is 0. The first kappa shape index (κ1) is 7.72. The number of carbonyl (C=O) groups excluding carboxylic acids is 1. The molecule has 1 aliphatic heterocycles. The first-order chi connectivity index (χ1) is 4.51. The monoisotopic (exact) mass is 162 g/mol. The Balaban J connectivity index is 2.76. The van der Waals surface area contributed by atoms with Crippen LogP contribution in [0.1, 0.15) is 13.3 Å². The minimum Gasteiger partial charge on any atom is -0.299 e. The maximum atomic E-state index is 10.9. The van der Waals surface area contributed by atoms with Gasteiger partial charge in [0.25, 0.3) is 0 Å². The quantitative estimate of drug-likeness (QED) is 0.504. The minimum atomic E-state index is -2.89. The van der Waals surface area contributed by atoms with Crippen LogP contribution in [0.2, 0.25) is 0 Å². The maximum Gasteiger partial charge on any atom is 0.151 e. The van der Waals surface area contributed by atoms with E-state index in [1.807, 2.05) is 0 Å². The molecular weight excluding hydrogens is 152 g/mol. The van der Waals surface area contributed by atoms with E-state index in [2.05, 4.69) is 0 Å². The van der Waals surface area contributed by atoms with E-state index in [0.29, 0.717) is 0 Å². The van der Waals surface area contributed by atoms with Gasteiger partial charge in [-0.05, 0) is 0 Å². The van der Waals surface area contributed by atoms with E-state index >= 15 is 0 Å². The van der Waals surface area contributed by atoms with Crippen LogP contribution in [0.15, 0.2) is 0 Å². The van der Waals surface area contributed by atoms with Crippen LogP contribution in [0.5, 0.6) is 0 Å². The van der Waals surface area contributed by atoms with Crippen molar-refractivity contribution in [3.63, 3.8) is 0 Å². The topological polar surface area (TPSA) is 51.2 Å². The predicted molar refractivity (Wildman–Crippen MR) is 37.4 cm³/mol. The zero-order valence-electron chi connectivity index (χ0n) is 5.83. The summed E-state index contributed by atoms with van der Waals surface area (Å²) >= 11 is 0. The number of carbonyl (C=O) groups is 1. The molecule has 1 rings (SSSR count). The normalized spacial score (nSPS) is 32.1. The molecule has 1 atom stereocenters. The lowest BCUT2D eigenvalue weighted by Gasteiger charge is -2.15. The predicted octanol–water partition coefficient (Wildman–Crippen LogP) is 0.0101. The van der Waals surface area contributed by atoms with Gasteiger partial charge >= 0.3 is 0 Å². The molecule has 0 bridgehead atoms. The zero-order chi connectivity index (χ0) is 7.78. The van der Waals surface area contributed by atoms with Crippen LogP contribution in [-0.2, 0) is 14.6 Å². The van der Waals surface area contributed by atoms with E-state index in [-0.39, 0.29) is 29.6 Å². The molecule has 0 radical (unpaired) electrons. The van der Waals surface area contributed by atoms with Crippen molar-refractivity contribution in [2.45, 2.75) is 13.3 Å². The van der Waals surface area contributed by atoms with Gasteiger partial charge in [-0.3, -0.25) is 4.79 Å². The van der Waals surface area contributed by atoms with E-state index in [9.17, 15) is 13.2 Å². The van der Waals surface area contributed by atoms with Gasteiger partial charge in [0, 0.05) is 12.3 Å². The van der Waals surface area contributed by atoms with Crippen LogP contribution in [0.3, 0.4) is 0 Å². The van der Waals surface area contributed by atoms with Crippen LogP contribution in [0.25, 0.3) is 0 Å². The van der Waals surface area contributed by atoms with E-state index in [4.69, 9.17) is 0 Å². The highest BCUT2D eigenvalue weighted by Crippen LogP contribution is 2.13. The molecule has 1 heterocycles. The number of hydrogen-bond acceptors (Lipinski definition) is 3. The van der Waals surface area contributed by atoms with Crippen LogP contribution in [-0.4, -0.2) is 25.7 Å². The SMILES string of the molecule is CC1CS(=O)(=O)CCC1=O. The molecule has 0 spiro atoms. The van der Waals surface area contributed by atoms with E-state index in [1.54, 1.807) is 6.92 Å². The van der Waals surface area contributed by atoms with Gasteiger partial charge in [-0.2, -0.15) is 0 Å². The first-order valence-electron chi connectivity index (χ1n) is 3.24. The Morgan fingerprint density at radius 1 is 1.50 bits per heavy atom. The van der Waals surface area contributed by atoms with Crippen molar-refractivity contribution < 1.29 is 13.2 Å². The number of sulfone groups is 1. The molecule has 0 aliphatic carbocycles. The van der Waals surface area contributed by atoms with Gasteiger partial charge in [0.15, 0.2) is 9.84 Å². The van der Waals surface area contributed by atoms with Crippen LogP contribution < -0.4 is 0 Å². The Hall–Kier alpha value is -0.380. The van der Waals surface area contributed by atoms with E-state index < -0.39 is 9.84 Å². The Morgan fingerprint density at radius 2 is 2.10 bits per heavy atom.